The van der Waals surface area contributed by atoms with E-state index in [2.05, 4.69) is 20.6 Å². The number of nitrogens with zero attached hydrogens (tertiary/aromatic N) is 5. The molecule has 0 bridgehead atoms. The van der Waals surface area contributed by atoms with Crippen LogP contribution in [0.2, 0.25) is 0 Å². The van der Waals surface area contributed by atoms with Crippen LogP contribution >= 0.6 is 0 Å². The summed E-state index contributed by atoms with van der Waals surface area (Å²) < 4.78 is 0. The topological polar surface area (TPSA) is 168 Å². The minimum atomic E-state index is -1.23. The van der Waals surface area contributed by atoms with E-state index in [1.54, 1.807) is 43.0 Å². The lowest BCUT2D eigenvalue weighted by Gasteiger charge is -2.39. The lowest BCUT2D eigenvalue weighted by Crippen LogP contribution is -2.59. The van der Waals surface area contributed by atoms with Gasteiger partial charge in [0.25, 0.3) is 0 Å². The van der Waals surface area contributed by atoms with Crippen molar-refractivity contribution in [2.75, 3.05) is 26.7 Å². The summed E-state index contributed by atoms with van der Waals surface area (Å²) in [4.78, 5) is 67.5. The van der Waals surface area contributed by atoms with Crippen LogP contribution in [-0.4, -0.2) is 110 Å². The Morgan fingerprint density at radius 2 is 1.50 bits per heavy atom. The van der Waals surface area contributed by atoms with Crippen molar-refractivity contribution < 1.29 is 29.4 Å². The van der Waals surface area contributed by atoms with Gasteiger partial charge in [0, 0.05) is 62.8 Å². The van der Waals surface area contributed by atoms with Crippen LogP contribution in [0.3, 0.4) is 0 Å². The third kappa shape index (κ3) is 11.5. The van der Waals surface area contributed by atoms with Gasteiger partial charge in [-0.15, -0.1) is 0 Å². The van der Waals surface area contributed by atoms with Gasteiger partial charge in [0.1, 0.15) is 12.1 Å². The number of aryl methyl sites for hydroxylation is 1. The highest BCUT2D eigenvalue weighted by atomic mass is 16.4. The van der Waals surface area contributed by atoms with Crippen molar-refractivity contribution in [1.29, 1.82) is 0 Å². The predicted molar refractivity (Wildman–Crippen MR) is 232 cm³/mol. The first kappa shape index (κ1) is 45.3. The maximum absolute atomic E-state index is 14.9. The fourth-order valence-electron chi connectivity index (χ4n) is 8.14. The number of aromatic nitrogens is 2. The Bertz CT molecular complexity index is 2050. The summed E-state index contributed by atoms with van der Waals surface area (Å²) in [6.45, 7) is 14.2. The number of pyridine rings is 2. The monoisotopic (exact) mass is 819 g/mol. The molecule has 3 heterocycles. The number of nitrogens with one attached hydrogen (secondary N) is 2. The molecule has 1 saturated heterocycles. The Morgan fingerprint density at radius 3 is 2.08 bits per heavy atom. The maximum atomic E-state index is 14.9. The summed E-state index contributed by atoms with van der Waals surface area (Å²) >= 11 is 0. The molecule has 2 aromatic heterocycles. The Hall–Kier alpha value is -5.82. The molecular weight excluding hydrogens is 759 g/mol. The Morgan fingerprint density at radius 1 is 0.833 bits per heavy atom. The van der Waals surface area contributed by atoms with Gasteiger partial charge in [-0.05, 0) is 65.5 Å². The molecule has 0 radical (unpaired) electrons. The molecule has 0 saturated carbocycles. The van der Waals surface area contributed by atoms with Gasteiger partial charge in [0.15, 0.2) is 0 Å². The van der Waals surface area contributed by atoms with Gasteiger partial charge in [0.2, 0.25) is 11.8 Å². The van der Waals surface area contributed by atoms with Crippen LogP contribution in [-0.2, 0) is 22.6 Å². The minimum Gasteiger partial charge on any atom is -0.465 e. The molecule has 0 spiro atoms. The standard InChI is InChI=1S/C47H61N7O6/c1-31-17-18-33(29-50-31)30-53-26-27-54(44(53)58)41(47(5,6)7)43(57)51-39(38(55)23-25-49-42(56)40(46(2,3)4)52(8)45(59)60)36(34-14-10-9-11-15-34)28-32-19-21-35(22-20-32)37-16-12-13-24-48-37/h9-22,24,29,36,38-41,55H,23,25-28,30H2,1-8H3,(H,49,56)(H,51,57)(H,59,60). The first-order chi connectivity index (χ1) is 28.3. The number of carboxylic acid groups (broad SMARTS) is 1. The average molecular weight is 820 g/mol. The van der Waals surface area contributed by atoms with E-state index < -0.39 is 58.9 Å². The Labute approximate surface area is 354 Å². The van der Waals surface area contributed by atoms with E-state index in [9.17, 15) is 29.4 Å². The number of carbonyl (C=O) groups is 4. The number of amides is 5. The molecule has 13 nitrogen and oxygen atoms in total. The number of hydrogen-bond acceptors (Lipinski definition) is 7. The van der Waals surface area contributed by atoms with Crippen molar-refractivity contribution in [3.63, 3.8) is 0 Å². The van der Waals surface area contributed by atoms with E-state index in [4.69, 9.17) is 0 Å². The second kappa shape index (κ2) is 19.5. The summed E-state index contributed by atoms with van der Waals surface area (Å²) in [5.41, 5.74) is 4.03. The molecule has 0 aliphatic carbocycles. The Balaban J connectivity index is 1.46. The molecule has 1 aliphatic rings. The van der Waals surface area contributed by atoms with E-state index >= 15 is 0 Å². The highest BCUT2D eigenvalue weighted by molar-refractivity contribution is 5.89. The van der Waals surface area contributed by atoms with Gasteiger partial charge in [-0.2, -0.15) is 0 Å². The zero-order chi connectivity index (χ0) is 43.8. The summed E-state index contributed by atoms with van der Waals surface area (Å²) in [5.74, 6) is -1.33. The van der Waals surface area contributed by atoms with Gasteiger partial charge in [0.05, 0.1) is 17.8 Å². The van der Waals surface area contributed by atoms with E-state index in [1.807, 2.05) is 113 Å². The predicted octanol–water partition coefficient (Wildman–Crippen LogP) is 6.51. The lowest BCUT2D eigenvalue weighted by atomic mass is 9.80. The van der Waals surface area contributed by atoms with Gasteiger partial charge >= 0.3 is 12.1 Å². The molecule has 4 N–H and O–H groups in total. The minimum absolute atomic E-state index is 0.0167. The van der Waals surface area contributed by atoms with Gasteiger partial charge in [-0.3, -0.25) is 24.5 Å². The van der Waals surface area contributed by atoms with E-state index in [1.165, 1.54) is 7.05 Å². The number of urea groups is 1. The van der Waals surface area contributed by atoms with Crippen LogP contribution < -0.4 is 10.6 Å². The molecule has 1 fully saturated rings. The molecule has 5 unspecified atom stereocenters. The van der Waals surface area contributed by atoms with Crippen molar-refractivity contribution >= 4 is 23.9 Å². The van der Waals surface area contributed by atoms with Crippen LogP contribution in [0, 0.1) is 17.8 Å². The second-order valence-electron chi connectivity index (χ2n) is 18.0. The van der Waals surface area contributed by atoms with Crippen LogP contribution in [0.4, 0.5) is 9.59 Å². The first-order valence-corrected chi connectivity index (χ1v) is 20.6. The molecule has 5 atom stereocenters. The normalized spacial score (nSPS) is 15.8. The zero-order valence-corrected chi connectivity index (χ0v) is 36.1. The highest BCUT2D eigenvalue weighted by Crippen LogP contribution is 2.32. The fourth-order valence-corrected chi connectivity index (χ4v) is 8.14. The first-order valence-electron chi connectivity index (χ1n) is 20.6. The van der Waals surface area contributed by atoms with E-state index in [0.717, 1.165) is 38.5 Å². The molecule has 4 aromatic rings. The maximum Gasteiger partial charge on any atom is 0.407 e. The molecular formula is C47H61N7O6. The van der Waals surface area contributed by atoms with Gasteiger partial charge in [-0.25, -0.2) is 9.59 Å². The quantitative estimate of drug-likeness (QED) is 0.0993. The summed E-state index contributed by atoms with van der Waals surface area (Å²) in [6, 6.07) is 24.4. The largest absolute Gasteiger partial charge is 0.465 e. The zero-order valence-electron chi connectivity index (χ0n) is 36.1. The van der Waals surface area contributed by atoms with Crippen molar-refractivity contribution in [3.8, 4) is 11.3 Å². The smallest absolute Gasteiger partial charge is 0.407 e. The fraction of sp³-hybridized carbons (Fsp3) is 0.447. The third-order valence-electron chi connectivity index (χ3n) is 11.1. The number of aliphatic hydroxyl groups is 1. The van der Waals surface area contributed by atoms with Gasteiger partial charge < -0.3 is 30.6 Å². The number of likely N-dealkylation sites (N-methyl/N-ethyl adjacent to an activating group) is 1. The third-order valence-corrected chi connectivity index (χ3v) is 11.1. The molecule has 1 aliphatic heterocycles. The number of benzene rings is 2. The number of carbonyl (C=O) groups excluding carboxylic acids is 3. The number of aliphatic hydroxyl groups excluding tert-OH is 1. The van der Waals surface area contributed by atoms with Crippen LogP contribution in [0.1, 0.15) is 76.3 Å². The summed E-state index contributed by atoms with van der Waals surface area (Å²) in [5, 5.41) is 28.0. The SMILES string of the molecule is Cc1ccc(CN2CCN(C(C(=O)NC(C(O)CCNC(=O)C(N(C)C(=O)O)C(C)(C)C)C(Cc3ccc(-c4ccccn4)cc3)c3ccccc3)C(C)(C)C)C2=O)cn1. The van der Waals surface area contributed by atoms with E-state index in [-0.39, 0.29) is 19.0 Å². The van der Waals surface area contributed by atoms with Crippen molar-refractivity contribution in [3.05, 3.63) is 120 Å². The van der Waals surface area contributed by atoms with Crippen LogP contribution in [0.25, 0.3) is 11.3 Å². The summed E-state index contributed by atoms with van der Waals surface area (Å²) in [6.07, 6.45) is 1.60. The van der Waals surface area contributed by atoms with Crippen LogP contribution in [0.5, 0.6) is 0 Å². The molecule has 2 aromatic carbocycles. The van der Waals surface area contributed by atoms with Crippen LogP contribution in [0.15, 0.2) is 97.3 Å². The Kier molecular flexibility index (Phi) is 14.7. The molecule has 13 heteroatoms. The van der Waals surface area contributed by atoms with E-state index in [0.29, 0.717) is 26.1 Å². The average Bonchev–Trinajstić information content (AvgIpc) is 3.54. The van der Waals surface area contributed by atoms with Crippen molar-refractivity contribution in [2.24, 2.45) is 10.8 Å². The molecule has 5 amide bonds. The molecule has 60 heavy (non-hydrogen) atoms. The van der Waals surface area contributed by atoms with Crippen molar-refractivity contribution in [1.82, 2.24) is 35.3 Å². The second-order valence-corrected chi connectivity index (χ2v) is 18.0. The lowest BCUT2D eigenvalue weighted by molar-refractivity contribution is -0.131. The van der Waals surface area contributed by atoms with Crippen molar-refractivity contribution in [2.45, 2.75) is 98.0 Å². The molecule has 5 rings (SSSR count). The van der Waals surface area contributed by atoms with Gasteiger partial charge in [-0.1, -0.05) is 108 Å². The number of rotatable bonds is 16. The summed E-state index contributed by atoms with van der Waals surface area (Å²) in [7, 11) is 1.36. The number of hydrogen-bond donors (Lipinski definition) is 4. The molecule has 320 valence electrons. The highest BCUT2D eigenvalue weighted by Gasteiger charge is 2.45.